The number of halogens is 2. The molecule has 0 radical (unpaired) electrons. The van der Waals surface area contributed by atoms with Gasteiger partial charge in [0.15, 0.2) is 0 Å². The van der Waals surface area contributed by atoms with Gasteiger partial charge in [0.2, 0.25) is 0 Å². The van der Waals surface area contributed by atoms with E-state index in [1.54, 1.807) is 18.5 Å². The molecule has 1 aromatic carbocycles. The summed E-state index contributed by atoms with van der Waals surface area (Å²) < 4.78 is 34.8. The van der Waals surface area contributed by atoms with Gasteiger partial charge in [-0.1, -0.05) is 6.07 Å². The number of nitrogens with zero attached hydrogens (tertiary/aromatic N) is 3. The Kier molecular flexibility index (Phi) is 7.07. The molecule has 2 fully saturated rings. The molecule has 11 heteroatoms. The first-order valence-electron chi connectivity index (χ1n) is 12.4. The van der Waals surface area contributed by atoms with Crippen molar-refractivity contribution in [3.63, 3.8) is 0 Å². The van der Waals surface area contributed by atoms with Crippen LogP contribution < -0.4 is 10.8 Å². The van der Waals surface area contributed by atoms with Crippen LogP contribution >= 0.6 is 0 Å². The van der Waals surface area contributed by atoms with Crippen LogP contribution in [0.4, 0.5) is 13.6 Å². The van der Waals surface area contributed by atoms with Crippen molar-refractivity contribution in [2.45, 2.75) is 63.8 Å². The second-order valence-electron chi connectivity index (χ2n) is 9.59. The molecule has 3 aromatic rings. The predicted molar refractivity (Wildman–Crippen MR) is 130 cm³/mol. The molecule has 0 aliphatic carbocycles. The molecule has 5 rings (SSSR count). The Hall–Kier alpha value is -3.57. The van der Waals surface area contributed by atoms with Gasteiger partial charge in [0.25, 0.3) is 5.91 Å². The van der Waals surface area contributed by atoms with Crippen molar-refractivity contribution in [1.29, 1.82) is 0 Å². The molecule has 2 aliphatic heterocycles. The number of hydroxylamine groups is 1. The number of carbonyl (C=O) groups excluding carboxylic acids is 2. The molecule has 0 saturated carbocycles. The second-order valence-corrected chi connectivity index (χ2v) is 9.59. The normalized spacial score (nSPS) is 20.9. The Balaban J connectivity index is 1.38. The fourth-order valence-electron chi connectivity index (χ4n) is 5.64. The summed E-state index contributed by atoms with van der Waals surface area (Å²) in [6.45, 7) is 2.79. The van der Waals surface area contributed by atoms with Crippen LogP contribution in [0, 0.1) is 11.6 Å². The topological polar surface area (TPSA) is 109 Å². The summed E-state index contributed by atoms with van der Waals surface area (Å²) in [7, 11) is 0. The summed E-state index contributed by atoms with van der Waals surface area (Å²) in [5.74, 6) is -2.02. The number of nitrogens with one attached hydrogen (secondary N) is 2. The maximum atomic E-state index is 14.4. The SMILES string of the molecule is CCOC(=O)N1[C@@H]2CC[C@@H]1CC(NCc1cn(Cc3ccc(F)cc3F)c3cnc(C(=O)NO)cc13)C2. The molecule has 4 heterocycles. The zero-order chi connectivity index (χ0) is 26.1. The average Bonchev–Trinajstić information content (AvgIpc) is 3.37. The lowest BCUT2D eigenvalue weighted by Crippen LogP contribution is -2.51. The number of fused-ring (bicyclic) bond motifs is 3. The zero-order valence-corrected chi connectivity index (χ0v) is 20.4. The van der Waals surface area contributed by atoms with Crippen molar-refractivity contribution in [2.24, 2.45) is 0 Å². The number of hydrogen-bond donors (Lipinski definition) is 3. The summed E-state index contributed by atoms with van der Waals surface area (Å²) in [6.07, 6.45) is 6.66. The van der Waals surface area contributed by atoms with E-state index in [4.69, 9.17) is 9.94 Å². The van der Waals surface area contributed by atoms with E-state index in [0.717, 1.165) is 42.7 Å². The van der Waals surface area contributed by atoms with Gasteiger partial charge in [0.1, 0.15) is 17.3 Å². The van der Waals surface area contributed by atoms with Crippen molar-refractivity contribution < 1.29 is 28.3 Å². The Morgan fingerprint density at radius 2 is 1.92 bits per heavy atom. The molecule has 2 aromatic heterocycles. The summed E-state index contributed by atoms with van der Waals surface area (Å²) in [4.78, 5) is 30.4. The quantitative estimate of drug-likeness (QED) is 0.328. The van der Waals surface area contributed by atoms with Gasteiger partial charge in [0, 0.05) is 47.9 Å². The van der Waals surface area contributed by atoms with E-state index in [9.17, 15) is 18.4 Å². The standard InChI is InChI=1S/C26H29F2N5O4/c1-2-37-26(35)33-19-5-6-20(33)9-18(8-19)29-11-16-14-32(13-15-3-4-17(27)7-22(15)28)24-12-30-23(10-21(16)24)25(34)31-36/h3-4,7,10,12,14,18-20,29,36H,2,5-6,8-9,11,13H2,1H3,(H,31,34)/t19-,20-/m1/s1. The molecule has 2 aliphatic rings. The first kappa shape index (κ1) is 25.1. The molecular formula is C26H29F2N5O4. The van der Waals surface area contributed by atoms with Gasteiger partial charge in [-0.05, 0) is 50.3 Å². The Bertz CT molecular complexity index is 1320. The van der Waals surface area contributed by atoms with Crippen molar-refractivity contribution in [1.82, 2.24) is 25.2 Å². The van der Waals surface area contributed by atoms with E-state index in [1.165, 1.54) is 18.3 Å². The Morgan fingerprint density at radius 3 is 2.59 bits per heavy atom. The number of ether oxygens (including phenoxy) is 1. The largest absolute Gasteiger partial charge is 0.450 e. The van der Waals surface area contributed by atoms with Crippen molar-refractivity contribution >= 4 is 22.9 Å². The smallest absolute Gasteiger partial charge is 0.410 e. The zero-order valence-electron chi connectivity index (χ0n) is 20.4. The molecule has 2 amide bonds. The van der Waals surface area contributed by atoms with E-state index in [-0.39, 0.29) is 36.5 Å². The summed E-state index contributed by atoms with van der Waals surface area (Å²) in [5.41, 5.74) is 3.50. The van der Waals surface area contributed by atoms with Crippen LogP contribution in [-0.2, 0) is 17.8 Å². The number of aromatic nitrogens is 2. The van der Waals surface area contributed by atoms with Crippen LogP contribution in [0.15, 0.2) is 36.7 Å². The van der Waals surface area contributed by atoms with Crippen LogP contribution in [-0.4, -0.2) is 56.4 Å². The molecule has 0 unspecified atom stereocenters. The molecule has 9 nitrogen and oxygen atoms in total. The second kappa shape index (κ2) is 10.4. The van der Waals surface area contributed by atoms with E-state index < -0.39 is 17.5 Å². The lowest BCUT2D eigenvalue weighted by molar-refractivity contribution is 0.0657. The fourth-order valence-corrected chi connectivity index (χ4v) is 5.64. The third-order valence-electron chi connectivity index (χ3n) is 7.33. The summed E-state index contributed by atoms with van der Waals surface area (Å²) in [5, 5.41) is 13.4. The van der Waals surface area contributed by atoms with Gasteiger partial charge < -0.3 is 19.5 Å². The molecule has 196 valence electrons. The van der Waals surface area contributed by atoms with Gasteiger partial charge >= 0.3 is 6.09 Å². The van der Waals surface area contributed by atoms with Crippen LogP contribution in [0.1, 0.15) is 54.2 Å². The highest BCUT2D eigenvalue weighted by molar-refractivity contribution is 5.96. The predicted octanol–water partition coefficient (Wildman–Crippen LogP) is 3.72. The number of carbonyl (C=O) groups is 2. The molecule has 37 heavy (non-hydrogen) atoms. The molecule has 2 atom stereocenters. The number of amides is 2. The van der Waals surface area contributed by atoms with E-state index in [0.29, 0.717) is 24.2 Å². The highest BCUT2D eigenvalue weighted by atomic mass is 19.1. The molecule has 0 spiro atoms. The number of pyridine rings is 1. The highest BCUT2D eigenvalue weighted by Crippen LogP contribution is 2.36. The van der Waals surface area contributed by atoms with Crippen molar-refractivity contribution in [3.05, 3.63) is 65.1 Å². The van der Waals surface area contributed by atoms with E-state index in [1.807, 2.05) is 15.7 Å². The maximum Gasteiger partial charge on any atom is 0.410 e. The summed E-state index contributed by atoms with van der Waals surface area (Å²) >= 11 is 0. The summed E-state index contributed by atoms with van der Waals surface area (Å²) in [6, 6.07) is 5.53. The van der Waals surface area contributed by atoms with Crippen LogP contribution in [0.3, 0.4) is 0 Å². The van der Waals surface area contributed by atoms with Gasteiger partial charge in [-0.3, -0.25) is 10.0 Å². The minimum Gasteiger partial charge on any atom is -0.450 e. The van der Waals surface area contributed by atoms with Gasteiger partial charge in [-0.25, -0.2) is 24.0 Å². The first-order chi connectivity index (χ1) is 17.9. The van der Waals surface area contributed by atoms with Crippen LogP contribution in [0.2, 0.25) is 0 Å². The highest BCUT2D eigenvalue weighted by Gasteiger charge is 2.43. The van der Waals surface area contributed by atoms with Crippen LogP contribution in [0.25, 0.3) is 10.9 Å². The van der Waals surface area contributed by atoms with Gasteiger partial charge in [-0.15, -0.1) is 0 Å². The van der Waals surface area contributed by atoms with Gasteiger partial charge in [0.05, 0.1) is 24.9 Å². The maximum absolute atomic E-state index is 14.4. The monoisotopic (exact) mass is 513 g/mol. The fraction of sp³-hybridized carbons (Fsp3) is 0.423. The van der Waals surface area contributed by atoms with E-state index in [2.05, 4.69) is 10.3 Å². The molecule has 3 N–H and O–H groups in total. The van der Waals surface area contributed by atoms with Gasteiger partial charge in [-0.2, -0.15) is 0 Å². The van der Waals surface area contributed by atoms with Crippen molar-refractivity contribution in [3.8, 4) is 0 Å². The minimum atomic E-state index is -0.735. The molecular weight excluding hydrogens is 484 g/mol. The third kappa shape index (κ3) is 5.01. The number of benzene rings is 1. The number of piperidine rings is 1. The Labute approximate surface area is 212 Å². The lowest BCUT2D eigenvalue weighted by Gasteiger charge is -2.38. The number of hydrogen-bond acceptors (Lipinski definition) is 6. The minimum absolute atomic E-state index is 0.0442. The molecule has 2 bridgehead atoms. The lowest BCUT2D eigenvalue weighted by atomic mass is 9.97. The Morgan fingerprint density at radius 1 is 1.16 bits per heavy atom. The van der Waals surface area contributed by atoms with E-state index >= 15 is 0 Å². The van der Waals surface area contributed by atoms with Crippen LogP contribution in [0.5, 0.6) is 0 Å². The number of rotatable bonds is 7. The third-order valence-corrected chi connectivity index (χ3v) is 7.33. The molecule has 2 saturated heterocycles. The first-order valence-corrected chi connectivity index (χ1v) is 12.4. The van der Waals surface area contributed by atoms with Crippen molar-refractivity contribution in [2.75, 3.05) is 6.61 Å². The average molecular weight is 514 g/mol.